The SMILES string of the molecule is CCCOC(=O)c1cscc1C. The van der Waals surface area contributed by atoms with Crippen molar-refractivity contribution in [2.45, 2.75) is 20.3 Å². The highest BCUT2D eigenvalue weighted by molar-refractivity contribution is 7.08. The smallest absolute Gasteiger partial charge is 0.339 e. The van der Waals surface area contributed by atoms with Gasteiger partial charge in [0.2, 0.25) is 0 Å². The van der Waals surface area contributed by atoms with Crippen molar-refractivity contribution in [2.75, 3.05) is 6.61 Å². The van der Waals surface area contributed by atoms with Crippen LogP contribution in [0.3, 0.4) is 0 Å². The Kier molecular flexibility index (Phi) is 3.29. The highest BCUT2D eigenvalue weighted by Gasteiger charge is 2.09. The summed E-state index contributed by atoms with van der Waals surface area (Å²) in [6.45, 7) is 4.40. The van der Waals surface area contributed by atoms with E-state index in [0.29, 0.717) is 12.2 Å². The third-order valence-electron chi connectivity index (χ3n) is 1.51. The maximum atomic E-state index is 11.3. The van der Waals surface area contributed by atoms with Gasteiger partial charge >= 0.3 is 5.97 Å². The third kappa shape index (κ3) is 2.08. The first-order valence-corrected chi connectivity index (χ1v) is 4.90. The standard InChI is InChI=1S/C9H12O2S/c1-3-4-11-9(10)8-6-12-5-7(8)2/h5-6H,3-4H2,1-2H3. The van der Waals surface area contributed by atoms with E-state index in [2.05, 4.69) is 0 Å². The molecule has 1 aromatic rings. The highest BCUT2D eigenvalue weighted by Crippen LogP contribution is 2.14. The number of hydrogen-bond acceptors (Lipinski definition) is 3. The van der Waals surface area contributed by atoms with Gasteiger partial charge in [0.15, 0.2) is 0 Å². The average molecular weight is 184 g/mol. The van der Waals surface area contributed by atoms with E-state index in [1.54, 1.807) is 0 Å². The van der Waals surface area contributed by atoms with Gasteiger partial charge < -0.3 is 4.74 Å². The zero-order chi connectivity index (χ0) is 8.97. The molecule has 0 fully saturated rings. The summed E-state index contributed by atoms with van der Waals surface area (Å²) in [6, 6.07) is 0. The monoisotopic (exact) mass is 184 g/mol. The number of ether oxygens (including phenoxy) is 1. The second-order valence-electron chi connectivity index (χ2n) is 2.60. The first-order valence-electron chi connectivity index (χ1n) is 3.95. The lowest BCUT2D eigenvalue weighted by Crippen LogP contribution is -2.05. The lowest BCUT2D eigenvalue weighted by atomic mass is 10.2. The lowest BCUT2D eigenvalue weighted by molar-refractivity contribution is 0.0505. The van der Waals surface area contributed by atoms with Gasteiger partial charge in [-0.15, -0.1) is 0 Å². The molecule has 0 atom stereocenters. The molecule has 0 unspecified atom stereocenters. The van der Waals surface area contributed by atoms with Crippen LogP contribution in [0.5, 0.6) is 0 Å². The molecule has 0 amide bonds. The first-order chi connectivity index (χ1) is 5.75. The van der Waals surface area contributed by atoms with E-state index < -0.39 is 0 Å². The van der Waals surface area contributed by atoms with Gasteiger partial charge in [0, 0.05) is 5.38 Å². The van der Waals surface area contributed by atoms with Crippen LogP contribution in [0.1, 0.15) is 29.3 Å². The van der Waals surface area contributed by atoms with E-state index in [-0.39, 0.29) is 5.97 Å². The van der Waals surface area contributed by atoms with Crippen molar-refractivity contribution >= 4 is 17.3 Å². The Morgan fingerprint density at radius 1 is 1.58 bits per heavy atom. The molecule has 0 spiro atoms. The Bertz CT molecular complexity index is 265. The van der Waals surface area contributed by atoms with Crippen molar-refractivity contribution in [3.05, 3.63) is 21.9 Å². The molecule has 1 heterocycles. The summed E-state index contributed by atoms with van der Waals surface area (Å²) >= 11 is 1.53. The number of rotatable bonds is 3. The van der Waals surface area contributed by atoms with Crippen molar-refractivity contribution in [1.29, 1.82) is 0 Å². The van der Waals surface area contributed by atoms with Crippen molar-refractivity contribution in [2.24, 2.45) is 0 Å². The number of thiophene rings is 1. The van der Waals surface area contributed by atoms with Gasteiger partial charge in [-0.3, -0.25) is 0 Å². The zero-order valence-electron chi connectivity index (χ0n) is 7.29. The predicted octanol–water partition coefficient (Wildman–Crippen LogP) is 2.62. The van der Waals surface area contributed by atoms with E-state index in [4.69, 9.17) is 4.74 Å². The van der Waals surface area contributed by atoms with E-state index in [1.807, 2.05) is 24.6 Å². The normalized spacial score (nSPS) is 9.83. The number of carbonyl (C=O) groups is 1. The highest BCUT2D eigenvalue weighted by atomic mass is 32.1. The van der Waals surface area contributed by atoms with Crippen LogP contribution in [0.25, 0.3) is 0 Å². The molecule has 2 nitrogen and oxygen atoms in total. The first kappa shape index (κ1) is 9.26. The number of hydrogen-bond donors (Lipinski definition) is 0. The molecule has 0 saturated heterocycles. The summed E-state index contributed by atoms with van der Waals surface area (Å²) in [5.41, 5.74) is 1.70. The van der Waals surface area contributed by atoms with Crippen LogP contribution in [-0.2, 0) is 4.74 Å². The Morgan fingerprint density at radius 2 is 2.33 bits per heavy atom. The van der Waals surface area contributed by atoms with E-state index in [0.717, 1.165) is 12.0 Å². The Hall–Kier alpha value is -0.830. The molecule has 66 valence electrons. The molecule has 0 aliphatic rings. The quantitative estimate of drug-likeness (QED) is 0.675. The van der Waals surface area contributed by atoms with Gasteiger partial charge in [0.1, 0.15) is 0 Å². The molecule has 0 aromatic carbocycles. The molecule has 0 N–H and O–H groups in total. The van der Waals surface area contributed by atoms with Crippen molar-refractivity contribution < 1.29 is 9.53 Å². The minimum absolute atomic E-state index is 0.199. The van der Waals surface area contributed by atoms with Crippen LogP contribution in [-0.4, -0.2) is 12.6 Å². The topological polar surface area (TPSA) is 26.3 Å². The summed E-state index contributed by atoms with van der Waals surface area (Å²) < 4.78 is 4.98. The fourth-order valence-electron chi connectivity index (χ4n) is 0.842. The number of esters is 1. The maximum absolute atomic E-state index is 11.3. The summed E-state index contributed by atoms with van der Waals surface area (Å²) in [6.07, 6.45) is 0.870. The minimum atomic E-state index is -0.199. The van der Waals surface area contributed by atoms with E-state index >= 15 is 0 Å². The second-order valence-corrected chi connectivity index (χ2v) is 3.35. The molecule has 1 rings (SSSR count). The lowest BCUT2D eigenvalue weighted by Gasteiger charge is -2.00. The molecule has 0 aliphatic heterocycles. The fourth-order valence-corrected chi connectivity index (χ4v) is 1.66. The third-order valence-corrected chi connectivity index (χ3v) is 2.37. The largest absolute Gasteiger partial charge is 0.462 e. The van der Waals surface area contributed by atoms with Crippen molar-refractivity contribution in [3.8, 4) is 0 Å². The summed E-state index contributed by atoms with van der Waals surface area (Å²) in [5, 5.41) is 3.77. The van der Waals surface area contributed by atoms with Gasteiger partial charge in [0.05, 0.1) is 12.2 Å². The van der Waals surface area contributed by atoms with Gasteiger partial charge in [-0.1, -0.05) is 6.92 Å². The molecule has 0 aliphatic carbocycles. The van der Waals surface area contributed by atoms with Gasteiger partial charge in [-0.05, 0) is 24.3 Å². The molecule has 0 radical (unpaired) electrons. The molecule has 3 heteroatoms. The molecular formula is C9H12O2S. The van der Waals surface area contributed by atoms with Crippen LogP contribution in [0.4, 0.5) is 0 Å². The van der Waals surface area contributed by atoms with Gasteiger partial charge in [0.25, 0.3) is 0 Å². The van der Waals surface area contributed by atoms with E-state index in [9.17, 15) is 4.79 Å². The fraction of sp³-hybridized carbons (Fsp3) is 0.444. The zero-order valence-corrected chi connectivity index (χ0v) is 8.11. The molecular weight excluding hydrogens is 172 g/mol. The minimum Gasteiger partial charge on any atom is -0.462 e. The molecule has 0 saturated carbocycles. The molecule has 0 bridgehead atoms. The summed E-state index contributed by atoms with van der Waals surface area (Å²) in [5.74, 6) is -0.199. The summed E-state index contributed by atoms with van der Waals surface area (Å²) in [4.78, 5) is 11.3. The Balaban J connectivity index is 2.59. The molecule has 1 aromatic heterocycles. The Morgan fingerprint density at radius 3 is 2.83 bits per heavy atom. The number of aryl methyl sites for hydroxylation is 1. The summed E-state index contributed by atoms with van der Waals surface area (Å²) in [7, 11) is 0. The van der Waals surface area contributed by atoms with Crippen LogP contribution in [0.2, 0.25) is 0 Å². The van der Waals surface area contributed by atoms with Crippen LogP contribution < -0.4 is 0 Å². The van der Waals surface area contributed by atoms with Crippen LogP contribution >= 0.6 is 11.3 Å². The Labute approximate surface area is 76.2 Å². The molecule has 12 heavy (non-hydrogen) atoms. The second kappa shape index (κ2) is 4.26. The maximum Gasteiger partial charge on any atom is 0.339 e. The van der Waals surface area contributed by atoms with Gasteiger partial charge in [-0.25, -0.2) is 4.79 Å². The van der Waals surface area contributed by atoms with Crippen molar-refractivity contribution in [1.82, 2.24) is 0 Å². The van der Waals surface area contributed by atoms with Crippen molar-refractivity contribution in [3.63, 3.8) is 0 Å². The van der Waals surface area contributed by atoms with Crippen LogP contribution in [0, 0.1) is 6.92 Å². The van der Waals surface area contributed by atoms with E-state index in [1.165, 1.54) is 11.3 Å². The number of carbonyl (C=O) groups excluding carboxylic acids is 1. The van der Waals surface area contributed by atoms with Crippen LogP contribution in [0.15, 0.2) is 10.8 Å². The predicted molar refractivity (Wildman–Crippen MR) is 49.6 cm³/mol. The van der Waals surface area contributed by atoms with Gasteiger partial charge in [-0.2, -0.15) is 11.3 Å². The average Bonchev–Trinajstić information content (AvgIpc) is 2.47.